The first-order chi connectivity index (χ1) is 14.3. The minimum atomic E-state index is -4.51. The molecule has 0 heterocycles. The molecule has 4 bridgehead atoms. The van der Waals surface area contributed by atoms with Gasteiger partial charge in [-0.05, 0) is 82.4 Å². The first-order valence-corrected chi connectivity index (χ1v) is 11.9. The van der Waals surface area contributed by atoms with Crippen molar-refractivity contribution in [3.8, 4) is 0 Å². The smallest absolute Gasteiger partial charge is 0.244 e. The molecule has 4 fully saturated rings. The quantitative estimate of drug-likeness (QED) is 0.608. The lowest BCUT2D eigenvalue weighted by molar-refractivity contribution is -0.151. The molecule has 0 radical (unpaired) electrons. The Hall–Kier alpha value is -2.07. The lowest BCUT2D eigenvalue weighted by Crippen LogP contribution is -2.68. The first-order valence-electron chi connectivity index (χ1n) is 10.4. The van der Waals surface area contributed by atoms with E-state index in [0.717, 1.165) is 31.4 Å². The number of sulfonamides is 1. The molecule has 1 aromatic carbocycles. The molecule has 31 heavy (non-hydrogen) atoms. The van der Waals surface area contributed by atoms with E-state index >= 15 is 0 Å². The van der Waals surface area contributed by atoms with Crippen molar-refractivity contribution in [3.63, 3.8) is 0 Å². The average Bonchev–Trinajstić information content (AvgIpc) is 2.61. The second-order valence-electron chi connectivity index (χ2n) is 10.1. The molecule has 4 saturated carbocycles. The van der Waals surface area contributed by atoms with Crippen LogP contribution in [0.5, 0.6) is 0 Å². The third-order valence-corrected chi connectivity index (χ3v) is 8.77. The second-order valence-corrected chi connectivity index (χ2v) is 11.8. The van der Waals surface area contributed by atoms with Crippen LogP contribution < -0.4 is 15.8 Å². The first kappa shape index (κ1) is 22.1. The van der Waals surface area contributed by atoms with Crippen LogP contribution in [0.3, 0.4) is 0 Å². The summed E-state index contributed by atoms with van der Waals surface area (Å²) in [5.41, 5.74) is 2.84. The molecule has 4 aliphatic rings. The summed E-state index contributed by atoms with van der Waals surface area (Å²) >= 11 is 0. The lowest BCUT2D eigenvalue weighted by Gasteiger charge is -2.61. The van der Waals surface area contributed by atoms with Gasteiger partial charge in [-0.3, -0.25) is 9.59 Å². The zero-order valence-electron chi connectivity index (χ0n) is 17.5. The number of amides is 2. The van der Waals surface area contributed by atoms with Crippen molar-refractivity contribution in [2.45, 2.75) is 68.3 Å². The summed E-state index contributed by atoms with van der Waals surface area (Å²) in [6, 6.07) is 2.10. The van der Waals surface area contributed by atoms with Gasteiger partial charge in [-0.25, -0.2) is 17.2 Å². The van der Waals surface area contributed by atoms with Gasteiger partial charge in [0, 0.05) is 5.54 Å². The zero-order valence-corrected chi connectivity index (χ0v) is 18.3. The van der Waals surface area contributed by atoms with E-state index in [9.17, 15) is 26.8 Å². The van der Waals surface area contributed by atoms with E-state index in [0.29, 0.717) is 25.3 Å². The SMILES string of the molecule is CC(C)(NS(=O)(=O)c1cc(F)ccc1F)C(=O)NC12CC3CC(C1)CC(C(N)=O)(C3)C2. The highest BCUT2D eigenvalue weighted by Crippen LogP contribution is 2.61. The topological polar surface area (TPSA) is 118 Å². The number of halogens is 2. The predicted molar refractivity (Wildman–Crippen MR) is 108 cm³/mol. The summed E-state index contributed by atoms with van der Waals surface area (Å²) in [7, 11) is -4.51. The fourth-order valence-corrected chi connectivity index (χ4v) is 7.68. The fourth-order valence-electron chi connectivity index (χ4n) is 6.21. The summed E-state index contributed by atoms with van der Waals surface area (Å²) in [5, 5.41) is 3.00. The van der Waals surface area contributed by atoms with Crippen molar-refractivity contribution in [2.75, 3.05) is 0 Å². The molecule has 0 saturated heterocycles. The van der Waals surface area contributed by atoms with Gasteiger partial charge in [-0.2, -0.15) is 4.72 Å². The fraction of sp³-hybridized carbons (Fsp3) is 0.619. The monoisotopic (exact) mass is 455 g/mol. The average molecular weight is 456 g/mol. The van der Waals surface area contributed by atoms with Gasteiger partial charge < -0.3 is 11.1 Å². The van der Waals surface area contributed by atoms with Crippen molar-refractivity contribution >= 4 is 21.8 Å². The van der Waals surface area contributed by atoms with Gasteiger partial charge in [0.15, 0.2) is 0 Å². The molecule has 1 aromatic rings. The number of primary amides is 1. The Morgan fingerprint density at radius 1 is 1.13 bits per heavy atom. The maximum absolute atomic E-state index is 14.0. The van der Waals surface area contributed by atoms with Crippen LogP contribution in [0.2, 0.25) is 0 Å². The molecular weight excluding hydrogens is 428 g/mol. The van der Waals surface area contributed by atoms with E-state index in [2.05, 4.69) is 10.0 Å². The molecule has 4 N–H and O–H groups in total. The molecular formula is C21H27F2N3O4S. The van der Waals surface area contributed by atoms with Crippen LogP contribution in [-0.2, 0) is 19.6 Å². The van der Waals surface area contributed by atoms with Crippen molar-refractivity contribution in [3.05, 3.63) is 29.8 Å². The molecule has 2 atom stereocenters. The molecule has 2 unspecified atom stereocenters. The molecule has 0 spiro atoms. The third kappa shape index (κ3) is 3.84. The van der Waals surface area contributed by atoms with Gasteiger partial charge >= 0.3 is 0 Å². The van der Waals surface area contributed by atoms with Crippen molar-refractivity contribution in [2.24, 2.45) is 23.0 Å². The third-order valence-electron chi connectivity index (χ3n) is 7.10. The molecule has 10 heteroatoms. The number of carbonyl (C=O) groups is 2. The molecule has 0 aromatic heterocycles. The standard InChI is InChI=1S/C21H27F2N3O4S/c1-19(2,26-31(29,30)16-6-14(22)3-4-15(16)23)18(28)25-21-9-12-5-13(10-21)8-20(7-12,11-21)17(24)27/h3-4,6,12-13,26H,5,7-11H2,1-2H3,(H2,24,27)(H,25,28). The Labute approximate surface area is 180 Å². The second kappa shape index (κ2) is 6.96. The Kier molecular flexibility index (Phi) is 4.97. The number of hydrogen-bond donors (Lipinski definition) is 3. The predicted octanol–water partition coefficient (Wildman–Crippen LogP) is 1.96. The minimum absolute atomic E-state index is 0.287. The van der Waals surface area contributed by atoms with Crippen molar-refractivity contribution in [1.29, 1.82) is 0 Å². The van der Waals surface area contributed by atoms with Crippen LogP contribution in [0.1, 0.15) is 52.4 Å². The molecule has 4 aliphatic carbocycles. The number of nitrogens with two attached hydrogens (primary N) is 1. The van der Waals surface area contributed by atoms with Crippen LogP contribution in [0, 0.1) is 28.9 Å². The molecule has 7 nitrogen and oxygen atoms in total. The van der Waals surface area contributed by atoms with Gasteiger partial charge in [0.2, 0.25) is 21.8 Å². The largest absolute Gasteiger partial charge is 0.369 e. The normalized spacial score (nSPS) is 32.1. The van der Waals surface area contributed by atoms with Gasteiger partial charge in [-0.1, -0.05) is 0 Å². The summed E-state index contributed by atoms with van der Waals surface area (Å²) in [6.45, 7) is 2.73. The number of benzene rings is 1. The molecule has 0 aliphatic heterocycles. The highest BCUT2D eigenvalue weighted by Gasteiger charge is 2.61. The van der Waals surface area contributed by atoms with Crippen LogP contribution in [0.25, 0.3) is 0 Å². The van der Waals surface area contributed by atoms with Crippen molar-refractivity contribution in [1.82, 2.24) is 10.0 Å². The van der Waals surface area contributed by atoms with Gasteiger partial charge in [0.25, 0.3) is 0 Å². The summed E-state index contributed by atoms with van der Waals surface area (Å²) in [4.78, 5) is 24.5. The Morgan fingerprint density at radius 2 is 1.74 bits per heavy atom. The van der Waals surface area contributed by atoms with E-state index in [4.69, 9.17) is 5.73 Å². The zero-order chi connectivity index (χ0) is 22.8. The maximum Gasteiger partial charge on any atom is 0.244 e. The molecule has 2 amide bonds. The number of carbonyl (C=O) groups excluding carboxylic acids is 2. The van der Waals surface area contributed by atoms with Gasteiger partial charge in [0.1, 0.15) is 22.1 Å². The Balaban J connectivity index is 1.55. The summed E-state index contributed by atoms with van der Waals surface area (Å²) in [5.74, 6) is -2.38. The summed E-state index contributed by atoms with van der Waals surface area (Å²) < 4.78 is 55.0. The van der Waals surface area contributed by atoms with Crippen LogP contribution >= 0.6 is 0 Å². The van der Waals surface area contributed by atoms with E-state index < -0.39 is 49.0 Å². The molecule has 5 rings (SSSR count). The van der Waals surface area contributed by atoms with E-state index in [1.54, 1.807) is 0 Å². The number of rotatable bonds is 6. The van der Waals surface area contributed by atoms with E-state index in [1.165, 1.54) is 13.8 Å². The van der Waals surface area contributed by atoms with E-state index in [1.807, 2.05) is 0 Å². The Bertz CT molecular complexity index is 1040. The van der Waals surface area contributed by atoms with Crippen LogP contribution in [-0.4, -0.2) is 31.3 Å². The van der Waals surface area contributed by atoms with Crippen LogP contribution in [0.4, 0.5) is 8.78 Å². The van der Waals surface area contributed by atoms with Gasteiger partial charge in [-0.15, -0.1) is 0 Å². The van der Waals surface area contributed by atoms with Crippen LogP contribution in [0.15, 0.2) is 23.1 Å². The van der Waals surface area contributed by atoms with E-state index in [-0.39, 0.29) is 17.7 Å². The molecule has 170 valence electrons. The minimum Gasteiger partial charge on any atom is -0.369 e. The summed E-state index contributed by atoms with van der Waals surface area (Å²) in [6.07, 6.45) is 4.32. The highest BCUT2D eigenvalue weighted by atomic mass is 32.2. The number of nitrogens with one attached hydrogen (secondary N) is 2. The van der Waals surface area contributed by atoms with Gasteiger partial charge in [0.05, 0.1) is 5.41 Å². The lowest BCUT2D eigenvalue weighted by atomic mass is 9.46. The Morgan fingerprint density at radius 3 is 2.32 bits per heavy atom. The number of hydrogen-bond acceptors (Lipinski definition) is 4. The maximum atomic E-state index is 14.0. The van der Waals surface area contributed by atoms with Crippen molar-refractivity contribution < 1.29 is 26.8 Å². The highest BCUT2D eigenvalue weighted by molar-refractivity contribution is 7.89.